The highest BCUT2D eigenvalue weighted by atomic mass is 32.2. The second-order valence-corrected chi connectivity index (χ2v) is 5.72. The lowest BCUT2D eigenvalue weighted by molar-refractivity contribution is -0.141. The predicted octanol–water partition coefficient (Wildman–Crippen LogP) is 0.341. The summed E-state index contributed by atoms with van der Waals surface area (Å²) in [5.74, 6) is -0.0563. The van der Waals surface area contributed by atoms with E-state index in [1.54, 1.807) is 0 Å². The molecule has 0 radical (unpaired) electrons. The topological polar surface area (TPSA) is 90.2 Å². The Labute approximate surface area is 127 Å². The van der Waals surface area contributed by atoms with Gasteiger partial charge in [-0.1, -0.05) is 24.6 Å². The van der Waals surface area contributed by atoms with Gasteiger partial charge in [0.1, 0.15) is 6.54 Å². The van der Waals surface area contributed by atoms with Gasteiger partial charge in [-0.15, -0.1) is 5.10 Å². The smallest absolute Gasteiger partial charge is 0.327 e. The van der Waals surface area contributed by atoms with Gasteiger partial charge in [-0.3, -0.25) is 9.59 Å². The van der Waals surface area contributed by atoms with Crippen molar-refractivity contribution in [2.24, 2.45) is 0 Å². The number of ether oxygens (including phenoxy) is 1. The molecule has 0 spiro atoms. The summed E-state index contributed by atoms with van der Waals surface area (Å²) in [4.78, 5) is 25.3. The zero-order valence-electron chi connectivity index (χ0n) is 12.0. The summed E-state index contributed by atoms with van der Waals surface area (Å²) < 4.78 is 5.91. The number of carbonyl (C=O) groups is 2. The average molecular weight is 313 g/mol. The number of amides is 1. The van der Waals surface area contributed by atoms with Gasteiger partial charge in [-0.05, 0) is 23.3 Å². The van der Waals surface area contributed by atoms with Crippen molar-refractivity contribution < 1.29 is 14.3 Å². The Bertz CT molecular complexity index is 485. The molecule has 1 aromatic rings. The van der Waals surface area contributed by atoms with Gasteiger partial charge < -0.3 is 9.64 Å². The summed E-state index contributed by atoms with van der Waals surface area (Å²) in [6, 6.07) is 0. The van der Waals surface area contributed by atoms with Crippen LogP contribution in [0.2, 0.25) is 0 Å². The Hall–Kier alpha value is -1.64. The third-order valence-corrected chi connectivity index (χ3v) is 4.23. The minimum Gasteiger partial charge on any atom is -0.468 e. The molecule has 1 aliphatic heterocycles. The SMILES string of the molecule is COC(=O)Cn1nnnc1SCC(=O)N1CCCCCC1. The molecule has 1 fully saturated rings. The monoisotopic (exact) mass is 313 g/mol. The molecular formula is C12H19N5O3S. The second kappa shape index (κ2) is 7.96. The molecule has 9 heteroatoms. The van der Waals surface area contributed by atoms with E-state index in [-0.39, 0.29) is 18.2 Å². The second-order valence-electron chi connectivity index (χ2n) is 4.78. The first-order valence-electron chi connectivity index (χ1n) is 6.94. The molecule has 2 rings (SSSR count). The van der Waals surface area contributed by atoms with E-state index in [1.165, 1.54) is 36.4 Å². The van der Waals surface area contributed by atoms with E-state index in [1.807, 2.05) is 4.90 Å². The zero-order valence-corrected chi connectivity index (χ0v) is 12.8. The lowest BCUT2D eigenvalue weighted by Gasteiger charge is -2.19. The van der Waals surface area contributed by atoms with Crippen LogP contribution in [0.25, 0.3) is 0 Å². The fraction of sp³-hybridized carbons (Fsp3) is 0.750. The molecular weight excluding hydrogens is 294 g/mol. The van der Waals surface area contributed by atoms with Gasteiger partial charge in [-0.2, -0.15) is 0 Å². The van der Waals surface area contributed by atoms with Gasteiger partial charge in [0.15, 0.2) is 0 Å². The van der Waals surface area contributed by atoms with Crippen molar-refractivity contribution in [1.82, 2.24) is 25.1 Å². The Morgan fingerprint density at radius 1 is 1.24 bits per heavy atom. The van der Waals surface area contributed by atoms with E-state index in [9.17, 15) is 9.59 Å². The van der Waals surface area contributed by atoms with Gasteiger partial charge >= 0.3 is 5.97 Å². The van der Waals surface area contributed by atoms with Crippen LogP contribution in [0, 0.1) is 0 Å². The summed E-state index contributed by atoms with van der Waals surface area (Å²) in [6.07, 6.45) is 4.51. The fourth-order valence-electron chi connectivity index (χ4n) is 2.12. The molecule has 0 N–H and O–H groups in total. The maximum Gasteiger partial charge on any atom is 0.327 e. The Morgan fingerprint density at radius 2 is 1.95 bits per heavy atom. The molecule has 8 nitrogen and oxygen atoms in total. The van der Waals surface area contributed by atoms with E-state index in [0.29, 0.717) is 5.16 Å². The maximum absolute atomic E-state index is 12.2. The highest BCUT2D eigenvalue weighted by Gasteiger charge is 2.18. The van der Waals surface area contributed by atoms with Gasteiger partial charge in [0.2, 0.25) is 11.1 Å². The molecule has 21 heavy (non-hydrogen) atoms. The van der Waals surface area contributed by atoms with Crippen LogP contribution < -0.4 is 0 Å². The molecule has 1 aliphatic rings. The molecule has 0 aromatic carbocycles. The number of aromatic nitrogens is 4. The number of thioether (sulfide) groups is 1. The van der Waals surface area contributed by atoms with Crippen molar-refractivity contribution in [2.45, 2.75) is 37.4 Å². The molecule has 0 saturated carbocycles. The molecule has 0 aliphatic carbocycles. The highest BCUT2D eigenvalue weighted by Crippen LogP contribution is 2.16. The van der Waals surface area contributed by atoms with Crippen molar-refractivity contribution in [3.05, 3.63) is 0 Å². The van der Waals surface area contributed by atoms with Gasteiger partial charge in [0.25, 0.3) is 0 Å². The van der Waals surface area contributed by atoms with Crippen LogP contribution in [-0.2, 0) is 20.9 Å². The Morgan fingerprint density at radius 3 is 2.62 bits per heavy atom. The van der Waals surface area contributed by atoms with Crippen LogP contribution in [0.5, 0.6) is 0 Å². The van der Waals surface area contributed by atoms with Crippen molar-refractivity contribution >= 4 is 23.6 Å². The minimum atomic E-state index is -0.428. The molecule has 1 amide bonds. The molecule has 1 aromatic heterocycles. The van der Waals surface area contributed by atoms with Crippen LogP contribution >= 0.6 is 11.8 Å². The lowest BCUT2D eigenvalue weighted by atomic mass is 10.2. The van der Waals surface area contributed by atoms with Crippen LogP contribution in [-0.4, -0.2) is 62.9 Å². The number of rotatable bonds is 5. The van der Waals surface area contributed by atoms with Crippen LogP contribution in [0.3, 0.4) is 0 Å². The van der Waals surface area contributed by atoms with Crippen molar-refractivity contribution in [1.29, 1.82) is 0 Å². The number of hydrogen-bond acceptors (Lipinski definition) is 7. The first kappa shape index (κ1) is 15.7. The third kappa shape index (κ3) is 4.69. The molecule has 1 saturated heterocycles. The van der Waals surface area contributed by atoms with E-state index in [0.717, 1.165) is 25.9 Å². The minimum absolute atomic E-state index is 0.0518. The molecule has 2 heterocycles. The number of nitrogens with zero attached hydrogens (tertiary/aromatic N) is 5. The van der Waals surface area contributed by atoms with E-state index < -0.39 is 5.97 Å². The third-order valence-electron chi connectivity index (χ3n) is 3.29. The number of methoxy groups -OCH3 is 1. The maximum atomic E-state index is 12.2. The summed E-state index contributed by atoms with van der Waals surface area (Å²) in [5, 5.41) is 11.5. The van der Waals surface area contributed by atoms with Gasteiger partial charge in [0, 0.05) is 13.1 Å². The summed E-state index contributed by atoms with van der Waals surface area (Å²) in [5.41, 5.74) is 0. The first-order chi connectivity index (χ1) is 10.2. The van der Waals surface area contributed by atoms with E-state index in [4.69, 9.17) is 0 Å². The van der Waals surface area contributed by atoms with Gasteiger partial charge in [-0.25, -0.2) is 4.68 Å². The molecule has 0 bridgehead atoms. The molecule has 0 unspecified atom stereocenters. The number of likely N-dealkylation sites (tertiary alicyclic amines) is 1. The fourth-order valence-corrected chi connectivity index (χ4v) is 2.90. The standard InChI is InChI=1S/C12H19N5O3S/c1-20-11(19)8-17-12(13-14-15-17)21-9-10(18)16-6-4-2-3-5-7-16/h2-9H2,1H3. The number of tetrazole rings is 1. The van der Waals surface area contributed by atoms with Crippen molar-refractivity contribution in [2.75, 3.05) is 26.0 Å². The first-order valence-corrected chi connectivity index (χ1v) is 7.93. The van der Waals surface area contributed by atoms with Crippen LogP contribution in [0.15, 0.2) is 5.16 Å². The van der Waals surface area contributed by atoms with E-state index >= 15 is 0 Å². The average Bonchev–Trinajstić information content (AvgIpc) is 2.76. The van der Waals surface area contributed by atoms with Crippen molar-refractivity contribution in [3.63, 3.8) is 0 Å². The largest absolute Gasteiger partial charge is 0.468 e. The number of esters is 1. The summed E-state index contributed by atoms with van der Waals surface area (Å²) in [6.45, 7) is 1.60. The summed E-state index contributed by atoms with van der Waals surface area (Å²) >= 11 is 1.24. The normalized spacial score (nSPS) is 15.6. The number of carbonyl (C=O) groups excluding carboxylic acids is 2. The van der Waals surface area contributed by atoms with Crippen LogP contribution in [0.1, 0.15) is 25.7 Å². The lowest BCUT2D eigenvalue weighted by Crippen LogP contribution is -2.33. The quantitative estimate of drug-likeness (QED) is 0.572. The predicted molar refractivity (Wildman–Crippen MR) is 75.6 cm³/mol. The number of hydrogen-bond donors (Lipinski definition) is 0. The zero-order chi connectivity index (χ0) is 15.1. The van der Waals surface area contributed by atoms with E-state index in [2.05, 4.69) is 20.3 Å². The Balaban J connectivity index is 1.86. The van der Waals surface area contributed by atoms with Crippen molar-refractivity contribution in [3.8, 4) is 0 Å². The highest BCUT2D eigenvalue weighted by molar-refractivity contribution is 7.99. The van der Waals surface area contributed by atoms with Crippen LogP contribution in [0.4, 0.5) is 0 Å². The van der Waals surface area contributed by atoms with Gasteiger partial charge in [0.05, 0.1) is 12.9 Å². The summed E-state index contributed by atoms with van der Waals surface area (Å²) in [7, 11) is 1.31. The Kier molecular flexibility index (Phi) is 5.97. The molecule has 116 valence electrons. The molecule has 0 atom stereocenters.